The van der Waals surface area contributed by atoms with Gasteiger partial charge in [-0.25, -0.2) is 0 Å². The molecule has 0 spiro atoms. The minimum Gasteiger partial charge on any atom is -0.507 e. The summed E-state index contributed by atoms with van der Waals surface area (Å²) in [4.78, 5) is 3.15. The van der Waals surface area contributed by atoms with Crippen LogP contribution in [0.3, 0.4) is 0 Å². The van der Waals surface area contributed by atoms with Gasteiger partial charge in [0.25, 0.3) is 0 Å². The Morgan fingerprint density at radius 3 is 2.50 bits per heavy atom. The maximum atomic E-state index is 9.90. The van der Waals surface area contributed by atoms with Crippen molar-refractivity contribution in [2.75, 3.05) is 0 Å². The summed E-state index contributed by atoms with van der Waals surface area (Å²) in [5.41, 5.74) is 4.37. The van der Waals surface area contributed by atoms with Crippen LogP contribution in [0.5, 0.6) is 5.75 Å². The molecule has 0 saturated carbocycles. The molecule has 2 aromatic rings. The van der Waals surface area contributed by atoms with Crippen molar-refractivity contribution in [2.24, 2.45) is 0 Å². The summed E-state index contributed by atoms with van der Waals surface area (Å²) in [6, 6.07) is 1.91. The summed E-state index contributed by atoms with van der Waals surface area (Å²) in [6.45, 7) is 5.74. The largest absolute Gasteiger partial charge is 0.507 e. The summed E-state index contributed by atoms with van der Waals surface area (Å²) >= 11 is 0. The van der Waals surface area contributed by atoms with Crippen molar-refractivity contribution in [1.29, 1.82) is 0 Å². The Balaban J connectivity index is 3.01. The van der Waals surface area contributed by atoms with Crippen LogP contribution in [-0.2, 0) is 0 Å². The maximum absolute atomic E-state index is 9.90. The molecule has 2 radical (unpaired) electrons. The fourth-order valence-corrected chi connectivity index (χ4v) is 1.76. The molecule has 0 atom stereocenters. The van der Waals surface area contributed by atoms with E-state index in [9.17, 15) is 5.11 Å². The van der Waals surface area contributed by atoms with Crippen LogP contribution in [0.15, 0.2) is 6.07 Å². The Hall–Kier alpha value is -1.38. The monoisotopic (exact) mass is 185 g/mol. The molecule has 1 aromatic heterocycles. The molecule has 1 aromatic carbocycles. The third-order valence-electron chi connectivity index (χ3n) is 2.80. The van der Waals surface area contributed by atoms with Crippen LogP contribution in [0.2, 0.25) is 0 Å². The smallest absolute Gasteiger partial charge is 0.128 e. The first-order chi connectivity index (χ1) is 6.52. The molecule has 2 N–H and O–H groups in total. The normalized spacial score (nSPS) is 11.1. The zero-order chi connectivity index (χ0) is 10.5. The highest BCUT2D eigenvalue weighted by Gasteiger charge is 2.11. The van der Waals surface area contributed by atoms with E-state index in [1.807, 2.05) is 26.8 Å². The summed E-state index contributed by atoms with van der Waals surface area (Å²) < 4.78 is 0. The highest BCUT2D eigenvalue weighted by molar-refractivity contribution is 6.39. The Bertz CT molecular complexity index is 469. The van der Waals surface area contributed by atoms with Gasteiger partial charge in [0.1, 0.15) is 13.6 Å². The van der Waals surface area contributed by atoms with E-state index in [1.165, 1.54) is 0 Å². The van der Waals surface area contributed by atoms with Crippen molar-refractivity contribution >= 4 is 24.2 Å². The van der Waals surface area contributed by atoms with E-state index >= 15 is 0 Å². The number of aromatic amines is 1. The highest BCUT2D eigenvalue weighted by atomic mass is 16.3. The third kappa shape index (κ3) is 1.05. The second-order valence-corrected chi connectivity index (χ2v) is 3.75. The predicted octanol–water partition coefficient (Wildman–Crippen LogP) is 1.59. The first-order valence-electron chi connectivity index (χ1n) is 4.59. The maximum Gasteiger partial charge on any atom is 0.128 e. The van der Waals surface area contributed by atoms with Gasteiger partial charge in [0, 0.05) is 16.6 Å². The lowest BCUT2D eigenvalue weighted by Gasteiger charge is -2.09. The van der Waals surface area contributed by atoms with Crippen molar-refractivity contribution in [3.05, 3.63) is 22.9 Å². The van der Waals surface area contributed by atoms with Crippen LogP contribution in [-0.4, -0.2) is 17.9 Å². The number of aryl methyl sites for hydroxylation is 1. The number of hydrogen-bond acceptors (Lipinski definition) is 1. The Morgan fingerprint density at radius 1 is 1.21 bits per heavy atom. The fourth-order valence-electron chi connectivity index (χ4n) is 1.76. The van der Waals surface area contributed by atoms with Gasteiger partial charge in [-0.1, -0.05) is 5.46 Å². The first kappa shape index (κ1) is 9.19. The van der Waals surface area contributed by atoms with Crippen molar-refractivity contribution < 1.29 is 5.11 Å². The third-order valence-corrected chi connectivity index (χ3v) is 2.80. The van der Waals surface area contributed by atoms with Gasteiger partial charge in [-0.3, -0.25) is 0 Å². The van der Waals surface area contributed by atoms with Crippen LogP contribution in [0.4, 0.5) is 0 Å². The van der Waals surface area contributed by atoms with E-state index in [-0.39, 0.29) is 0 Å². The Kier molecular flexibility index (Phi) is 1.84. The minimum absolute atomic E-state index is 0.330. The van der Waals surface area contributed by atoms with Gasteiger partial charge < -0.3 is 10.1 Å². The van der Waals surface area contributed by atoms with Gasteiger partial charge in [0.05, 0.1) is 0 Å². The molecular weight excluding hydrogens is 173 g/mol. The summed E-state index contributed by atoms with van der Waals surface area (Å²) in [5, 5.41) is 10.7. The molecule has 14 heavy (non-hydrogen) atoms. The number of hydrogen-bond donors (Lipinski definition) is 2. The SMILES string of the molecule is [B]c1c(C)c(C)c(O)c2cc(C)[nH]c12. The van der Waals surface area contributed by atoms with Gasteiger partial charge in [0.2, 0.25) is 0 Å². The molecule has 0 aliphatic rings. The quantitative estimate of drug-likeness (QED) is 0.600. The summed E-state index contributed by atoms with van der Waals surface area (Å²) in [6.07, 6.45) is 0. The highest BCUT2D eigenvalue weighted by Crippen LogP contribution is 2.29. The van der Waals surface area contributed by atoms with E-state index in [0.29, 0.717) is 5.75 Å². The van der Waals surface area contributed by atoms with Crippen LogP contribution < -0.4 is 5.46 Å². The molecule has 0 bridgehead atoms. The van der Waals surface area contributed by atoms with Gasteiger partial charge in [0.15, 0.2) is 0 Å². The van der Waals surface area contributed by atoms with Crippen LogP contribution in [0.1, 0.15) is 16.8 Å². The van der Waals surface area contributed by atoms with E-state index < -0.39 is 0 Å². The minimum atomic E-state index is 0.330. The molecular formula is C11H12BNO. The second-order valence-electron chi connectivity index (χ2n) is 3.75. The van der Waals surface area contributed by atoms with Gasteiger partial charge in [-0.05, 0) is 38.0 Å². The number of nitrogens with one attached hydrogen (secondary N) is 1. The van der Waals surface area contributed by atoms with Crippen LogP contribution >= 0.6 is 0 Å². The van der Waals surface area contributed by atoms with Crippen molar-refractivity contribution in [1.82, 2.24) is 4.98 Å². The molecule has 70 valence electrons. The van der Waals surface area contributed by atoms with Gasteiger partial charge in [-0.2, -0.15) is 0 Å². The van der Waals surface area contributed by atoms with E-state index in [1.54, 1.807) is 0 Å². The van der Waals surface area contributed by atoms with Crippen LogP contribution in [0, 0.1) is 20.8 Å². The standard InChI is InChI=1S/C11H12BNO/c1-5-4-8-10(13-5)9(12)6(2)7(3)11(8)14/h4,13-14H,1-3H3. The number of phenolic OH excluding ortho intramolecular Hbond substituents is 1. The Labute approximate surface area is 84.4 Å². The predicted molar refractivity (Wildman–Crippen MR) is 59.6 cm³/mol. The fraction of sp³-hybridized carbons (Fsp3) is 0.273. The lowest BCUT2D eigenvalue weighted by molar-refractivity contribution is 0.477. The molecule has 0 amide bonds. The van der Waals surface area contributed by atoms with E-state index in [0.717, 1.165) is 33.2 Å². The molecule has 2 rings (SSSR count). The topological polar surface area (TPSA) is 36.0 Å². The zero-order valence-electron chi connectivity index (χ0n) is 8.60. The lowest BCUT2D eigenvalue weighted by atomic mass is 9.86. The molecule has 0 saturated heterocycles. The molecule has 0 unspecified atom stereocenters. The molecule has 1 heterocycles. The second kappa shape index (κ2) is 2.81. The molecule has 0 aliphatic carbocycles. The number of H-pyrrole nitrogens is 1. The molecule has 0 fully saturated rings. The summed E-state index contributed by atoms with van der Waals surface area (Å²) in [5.74, 6) is 0.330. The number of benzene rings is 1. The first-order valence-corrected chi connectivity index (χ1v) is 4.59. The van der Waals surface area contributed by atoms with Crippen molar-refractivity contribution in [3.63, 3.8) is 0 Å². The molecule has 2 nitrogen and oxygen atoms in total. The van der Waals surface area contributed by atoms with Gasteiger partial charge in [-0.15, -0.1) is 0 Å². The number of aromatic hydroxyl groups is 1. The zero-order valence-corrected chi connectivity index (χ0v) is 8.60. The van der Waals surface area contributed by atoms with Gasteiger partial charge >= 0.3 is 0 Å². The molecule has 0 aliphatic heterocycles. The van der Waals surface area contributed by atoms with Crippen LogP contribution in [0.25, 0.3) is 10.9 Å². The van der Waals surface area contributed by atoms with E-state index in [4.69, 9.17) is 7.85 Å². The average molecular weight is 185 g/mol. The van der Waals surface area contributed by atoms with E-state index in [2.05, 4.69) is 4.98 Å². The van der Waals surface area contributed by atoms with Crippen molar-refractivity contribution in [2.45, 2.75) is 20.8 Å². The number of aromatic nitrogens is 1. The number of fused-ring (bicyclic) bond motifs is 1. The average Bonchev–Trinajstić information content (AvgIpc) is 2.54. The number of phenols is 1. The van der Waals surface area contributed by atoms with Crippen molar-refractivity contribution in [3.8, 4) is 5.75 Å². The lowest BCUT2D eigenvalue weighted by Crippen LogP contribution is -2.10. The number of rotatable bonds is 0. The summed E-state index contributed by atoms with van der Waals surface area (Å²) in [7, 11) is 5.96. The Morgan fingerprint density at radius 2 is 1.86 bits per heavy atom. The molecule has 3 heteroatoms.